The molecule has 20 heavy (non-hydrogen) atoms. The van der Waals surface area contributed by atoms with Crippen LogP contribution in [0.2, 0.25) is 0 Å². The van der Waals surface area contributed by atoms with Crippen molar-refractivity contribution in [2.75, 3.05) is 13.6 Å². The van der Waals surface area contributed by atoms with E-state index in [2.05, 4.69) is 0 Å². The largest absolute Gasteiger partial charge is 0.480 e. The fourth-order valence-corrected chi connectivity index (χ4v) is 3.81. The van der Waals surface area contributed by atoms with Crippen molar-refractivity contribution in [3.63, 3.8) is 0 Å². The van der Waals surface area contributed by atoms with Crippen LogP contribution < -0.4 is 0 Å². The lowest BCUT2D eigenvalue weighted by Gasteiger charge is -2.45. The number of carbonyl (C=O) groups excluding carboxylic acids is 1. The summed E-state index contributed by atoms with van der Waals surface area (Å²) in [6, 6.07) is -0.485. The van der Waals surface area contributed by atoms with Gasteiger partial charge < -0.3 is 14.9 Å². The van der Waals surface area contributed by atoms with Gasteiger partial charge in [0.25, 0.3) is 0 Å². The summed E-state index contributed by atoms with van der Waals surface area (Å²) in [4.78, 5) is 27.2. The van der Waals surface area contributed by atoms with Gasteiger partial charge >= 0.3 is 12.0 Å². The molecule has 1 aliphatic heterocycles. The van der Waals surface area contributed by atoms with Crippen LogP contribution in [-0.2, 0) is 4.79 Å². The van der Waals surface area contributed by atoms with Crippen LogP contribution in [-0.4, -0.2) is 52.6 Å². The monoisotopic (exact) mass is 282 g/mol. The topological polar surface area (TPSA) is 60.9 Å². The maximum absolute atomic E-state index is 12.6. The number of hydrogen-bond donors (Lipinski definition) is 1. The zero-order valence-corrected chi connectivity index (χ0v) is 12.5. The summed E-state index contributed by atoms with van der Waals surface area (Å²) in [5.74, 6) is -0.291. The van der Waals surface area contributed by atoms with Crippen molar-refractivity contribution >= 4 is 12.0 Å². The van der Waals surface area contributed by atoms with Gasteiger partial charge in [0, 0.05) is 19.6 Å². The number of carboxylic acids is 1. The van der Waals surface area contributed by atoms with Crippen molar-refractivity contribution in [1.82, 2.24) is 9.80 Å². The number of urea groups is 1. The molecule has 2 fully saturated rings. The zero-order valence-electron chi connectivity index (χ0n) is 12.5. The number of carbonyl (C=O) groups is 2. The quantitative estimate of drug-likeness (QED) is 0.865. The van der Waals surface area contributed by atoms with Gasteiger partial charge in [0.05, 0.1) is 0 Å². The van der Waals surface area contributed by atoms with E-state index in [-0.39, 0.29) is 6.03 Å². The molecule has 0 radical (unpaired) electrons. The van der Waals surface area contributed by atoms with Crippen molar-refractivity contribution in [2.45, 2.75) is 64.0 Å². The van der Waals surface area contributed by atoms with Crippen LogP contribution >= 0.6 is 0 Å². The highest BCUT2D eigenvalue weighted by Crippen LogP contribution is 2.35. The van der Waals surface area contributed by atoms with Crippen LogP contribution in [0, 0.1) is 5.92 Å². The number of hydrogen-bond acceptors (Lipinski definition) is 2. The maximum Gasteiger partial charge on any atom is 0.326 e. The molecule has 0 aromatic rings. The second kappa shape index (κ2) is 6.46. The van der Waals surface area contributed by atoms with E-state index in [4.69, 9.17) is 0 Å². The zero-order chi connectivity index (χ0) is 14.7. The Morgan fingerprint density at radius 2 is 1.90 bits per heavy atom. The molecule has 0 aromatic heterocycles. The van der Waals surface area contributed by atoms with Gasteiger partial charge in [-0.3, -0.25) is 0 Å². The van der Waals surface area contributed by atoms with Gasteiger partial charge in [0.15, 0.2) is 0 Å². The van der Waals surface area contributed by atoms with E-state index < -0.39 is 12.0 Å². The summed E-state index contributed by atoms with van der Waals surface area (Å²) in [6.07, 6.45) is 7.46. The fraction of sp³-hybridized carbons (Fsp3) is 0.867. The molecule has 3 atom stereocenters. The molecule has 1 saturated heterocycles. The molecule has 1 N–H and O–H groups in total. The maximum atomic E-state index is 12.6. The van der Waals surface area contributed by atoms with Crippen molar-refractivity contribution in [3.8, 4) is 0 Å². The molecule has 5 nitrogen and oxygen atoms in total. The molecule has 3 unspecified atom stereocenters. The summed E-state index contributed by atoms with van der Waals surface area (Å²) in [6.45, 7) is 2.59. The number of likely N-dealkylation sites (tertiary alicyclic amines) is 1. The SMILES string of the molecule is CCC(C(=O)O)N(C)C(=O)N1CCCC2CCCCC21. The Hall–Kier alpha value is -1.26. The highest BCUT2D eigenvalue weighted by atomic mass is 16.4. The first kappa shape index (κ1) is 15.1. The molecule has 2 aliphatic rings. The van der Waals surface area contributed by atoms with E-state index in [0.717, 1.165) is 19.4 Å². The first-order valence-corrected chi connectivity index (χ1v) is 7.82. The van der Waals surface area contributed by atoms with E-state index in [1.165, 1.54) is 30.6 Å². The molecule has 1 aliphatic carbocycles. The minimum absolute atomic E-state index is 0.101. The molecule has 1 heterocycles. The minimum Gasteiger partial charge on any atom is -0.480 e. The van der Waals surface area contributed by atoms with Crippen molar-refractivity contribution < 1.29 is 14.7 Å². The first-order chi connectivity index (χ1) is 9.56. The lowest BCUT2D eigenvalue weighted by atomic mass is 9.78. The fourth-order valence-electron chi connectivity index (χ4n) is 3.81. The number of piperidine rings is 1. The number of carboxylic acid groups (broad SMARTS) is 1. The number of likely N-dealkylation sites (N-methyl/N-ethyl adjacent to an activating group) is 1. The molecule has 114 valence electrons. The van der Waals surface area contributed by atoms with Crippen LogP contribution in [0.4, 0.5) is 4.79 Å². The Labute approximate surface area is 120 Å². The van der Waals surface area contributed by atoms with Crippen LogP contribution in [0.25, 0.3) is 0 Å². The van der Waals surface area contributed by atoms with Gasteiger partial charge in [-0.1, -0.05) is 19.8 Å². The number of fused-ring (bicyclic) bond motifs is 1. The molecule has 0 aromatic carbocycles. The highest BCUT2D eigenvalue weighted by molar-refractivity contribution is 5.82. The lowest BCUT2D eigenvalue weighted by molar-refractivity contribution is -0.142. The van der Waals surface area contributed by atoms with Gasteiger partial charge in [-0.15, -0.1) is 0 Å². The summed E-state index contributed by atoms with van der Waals surface area (Å²) in [5, 5.41) is 9.21. The molecular formula is C15H26N2O3. The van der Waals surface area contributed by atoms with Crippen molar-refractivity contribution in [3.05, 3.63) is 0 Å². The Bertz CT molecular complexity index is 370. The minimum atomic E-state index is -0.916. The standard InChI is InChI=1S/C15H26N2O3/c1-3-12(14(18)19)16(2)15(20)17-10-6-8-11-7-4-5-9-13(11)17/h11-13H,3-10H2,1-2H3,(H,18,19). The molecular weight excluding hydrogens is 256 g/mol. The number of amides is 2. The van der Waals surface area contributed by atoms with E-state index >= 15 is 0 Å². The van der Waals surface area contributed by atoms with E-state index in [0.29, 0.717) is 18.4 Å². The number of rotatable bonds is 3. The van der Waals surface area contributed by atoms with Gasteiger partial charge in [-0.25, -0.2) is 9.59 Å². The van der Waals surface area contributed by atoms with Crippen molar-refractivity contribution in [2.24, 2.45) is 5.92 Å². The molecule has 1 saturated carbocycles. The average molecular weight is 282 g/mol. The van der Waals surface area contributed by atoms with Gasteiger partial charge in [-0.2, -0.15) is 0 Å². The predicted octanol–water partition coefficient (Wildman–Crippen LogP) is 2.56. The smallest absolute Gasteiger partial charge is 0.326 e. The van der Waals surface area contributed by atoms with Gasteiger partial charge in [0.1, 0.15) is 6.04 Å². The Kier molecular flexibility index (Phi) is 4.89. The van der Waals surface area contributed by atoms with Crippen LogP contribution in [0.15, 0.2) is 0 Å². The number of aliphatic carboxylic acids is 1. The number of nitrogens with zero attached hydrogens (tertiary/aromatic N) is 2. The van der Waals surface area contributed by atoms with E-state index in [1.54, 1.807) is 7.05 Å². The lowest BCUT2D eigenvalue weighted by Crippen LogP contribution is -2.56. The van der Waals surface area contributed by atoms with Crippen LogP contribution in [0.5, 0.6) is 0 Å². The molecule has 5 heteroatoms. The second-order valence-electron chi connectivity index (χ2n) is 6.10. The normalized spacial score (nSPS) is 27.6. The summed E-state index contributed by atoms with van der Waals surface area (Å²) >= 11 is 0. The predicted molar refractivity (Wildman–Crippen MR) is 76.6 cm³/mol. The molecule has 2 rings (SSSR count). The highest BCUT2D eigenvalue weighted by Gasteiger charge is 2.38. The van der Waals surface area contributed by atoms with E-state index in [1.807, 2.05) is 11.8 Å². The van der Waals surface area contributed by atoms with Gasteiger partial charge in [-0.05, 0) is 38.0 Å². The third-order valence-corrected chi connectivity index (χ3v) is 4.93. The van der Waals surface area contributed by atoms with Crippen molar-refractivity contribution in [1.29, 1.82) is 0 Å². The Balaban J connectivity index is 2.08. The first-order valence-electron chi connectivity index (χ1n) is 7.82. The van der Waals surface area contributed by atoms with E-state index in [9.17, 15) is 14.7 Å². The average Bonchev–Trinajstić information content (AvgIpc) is 2.46. The van der Waals surface area contributed by atoms with Crippen LogP contribution in [0.1, 0.15) is 51.9 Å². The second-order valence-corrected chi connectivity index (χ2v) is 6.10. The molecule has 0 bridgehead atoms. The summed E-state index contributed by atoms with van der Waals surface area (Å²) in [5.41, 5.74) is 0. The van der Waals surface area contributed by atoms with Crippen LogP contribution in [0.3, 0.4) is 0 Å². The van der Waals surface area contributed by atoms with Gasteiger partial charge in [0.2, 0.25) is 0 Å². The Morgan fingerprint density at radius 1 is 1.25 bits per heavy atom. The summed E-state index contributed by atoms with van der Waals surface area (Å²) < 4.78 is 0. The molecule has 0 spiro atoms. The third kappa shape index (κ3) is 2.91. The summed E-state index contributed by atoms with van der Waals surface area (Å²) in [7, 11) is 1.62. The third-order valence-electron chi connectivity index (χ3n) is 4.93. The molecule has 2 amide bonds. The Morgan fingerprint density at radius 3 is 2.55 bits per heavy atom.